The van der Waals surface area contributed by atoms with Gasteiger partial charge < -0.3 is 14.6 Å². The number of halogens is 2. The minimum Gasteiger partial charge on any atom is -0.508 e. The maximum Gasteiger partial charge on any atom is 0.244 e. The van der Waals surface area contributed by atoms with Crippen LogP contribution in [0, 0.1) is 0 Å². The molecule has 31 heavy (non-hydrogen) atoms. The lowest BCUT2D eigenvalue weighted by Crippen LogP contribution is -2.19. The van der Waals surface area contributed by atoms with Crippen LogP contribution in [0.25, 0.3) is 0 Å². The monoisotopic (exact) mass is 458 g/mol. The van der Waals surface area contributed by atoms with Crippen LogP contribution in [0.15, 0.2) is 65.8 Å². The number of benzene rings is 3. The van der Waals surface area contributed by atoms with Gasteiger partial charge in [-0.15, -0.1) is 0 Å². The van der Waals surface area contributed by atoms with Crippen LogP contribution in [0.3, 0.4) is 0 Å². The summed E-state index contributed by atoms with van der Waals surface area (Å²) in [5.74, 6) is 0.901. The van der Waals surface area contributed by atoms with E-state index in [2.05, 4.69) is 10.5 Å². The predicted octanol–water partition coefficient (Wildman–Crippen LogP) is 4.98. The van der Waals surface area contributed by atoms with Gasteiger partial charge in [0.25, 0.3) is 0 Å². The van der Waals surface area contributed by atoms with E-state index in [9.17, 15) is 9.90 Å². The first-order valence-corrected chi connectivity index (χ1v) is 10.1. The molecule has 0 heterocycles. The number of ether oxygens (including phenoxy) is 2. The van der Waals surface area contributed by atoms with Gasteiger partial charge in [-0.25, -0.2) is 5.43 Å². The Morgan fingerprint density at radius 3 is 2.45 bits per heavy atom. The summed E-state index contributed by atoms with van der Waals surface area (Å²) in [4.78, 5) is 12.0. The summed E-state index contributed by atoms with van der Waals surface area (Å²) in [6.45, 7) is 0.190. The summed E-state index contributed by atoms with van der Waals surface area (Å²) in [6, 6.07) is 16.9. The normalized spacial score (nSPS) is 10.8. The molecule has 0 aromatic heterocycles. The van der Waals surface area contributed by atoms with Gasteiger partial charge in [0.2, 0.25) is 5.91 Å². The zero-order valence-corrected chi connectivity index (χ0v) is 18.2. The van der Waals surface area contributed by atoms with Crippen LogP contribution in [0.5, 0.6) is 17.2 Å². The highest BCUT2D eigenvalue weighted by atomic mass is 35.5. The van der Waals surface area contributed by atoms with E-state index in [0.717, 1.165) is 5.56 Å². The highest BCUT2D eigenvalue weighted by Gasteiger charge is 2.10. The number of carbonyl (C=O) groups excluding carboxylic acids is 1. The lowest BCUT2D eigenvalue weighted by molar-refractivity contribution is -0.120. The van der Waals surface area contributed by atoms with Gasteiger partial charge in [0.05, 0.1) is 19.7 Å². The van der Waals surface area contributed by atoms with E-state index in [4.69, 9.17) is 32.7 Å². The maximum atomic E-state index is 12.0. The van der Waals surface area contributed by atoms with Gasteiger partial charge in [0.15, 0.2) is 11.5 Å². The van der Waals surface area contributed by atoms with Gasteiger partial charge in [-0.1, -0.05) is 41.4 Å². The Hall–Kier alpha value is -3.22. The molecule has 0 bridgehead atoms. The van der Waals surface area contributed by atoms with Gasteiger partial charge in [0.1, 0.15) is 12.4 Å². The van der Waals surface area contributed by atoms with E-state index in [0.29, 0.717) is 32.7 Å². The number of methoxy groups -OCH3 is 1. The maximum absolute atomic E-state index is 12.0. The standard InChI is InChI=1S/C23H20Cl2N2O4/c1-30-22-11-16(13-26-27-23(29)12-15-5-8-17(28)9-6-15)7-10-21(22)31-14-18-19(24)3-2-4-20(18)25/h2-11,13,28H,12,14H2,1H3,(H,27,29)/b26-13-. The summed E-state index contributed by atoms with van der Waals surface area (Å²) in [5, 5.41) is 14.3. The summed E-state index contributed by atoms with van der Waals surface area (Å²) in [7, 11) is 1.53. The molecule has 0 saturated heterocycles. The van der Waals surface area contributed by atoms with Crippen LogP contribution in [-0.2, 0) is 17.8 Å². The van der Waals surface area contributed by atoms with Crippen LogP contribution in [0.2, 0.25) is 10.0 Å². The molecule has 0 aliphatic rings. The van der Waals surface area contributed by atoms with Crippen LogP contribution >= 0.6 is 23.2 Å². The molecule has 0 saturated carbocycles. The zero-order valence-electron chi connectivity index (χ0n) is 16.6. The molecule has 0 aliphatic heterocycles. The minimum atomic E-state index is -0.273. The second-order valence-corrected chi connectivity index (χ2v) is 7.35. The summed E-state index contributed by atoms with van der Waals surface area (Å²) in [6.07, 6.45) is 1.66. The molecule has 0 unspecified atom stereocenters. The Kier molecular flexibility index (Phi) is 7.76. The van der Waals surface area contributed by atoms with E-state index in [1.54, 1.807) is 48.5 Å². The van der Waals surface area contributed by atoms with E-state index in [-0.39, 0.29) is 24.7 Å². The fraction of sp³-hybridized carbons (Fsp3) is 0.130. The molecule has 160 valence electrons. The van der Waals surface area contributed by atoms with E-state index in [1.807, 2.05) is 0 Å². The quantitative estimate of drug-likeness (QED) is 0.368. The molecule has 0 spiro atoms. The Morgan fingerprint density at radius 2 is 1.77 bits per heavy atom. The van der Waals surface area contributed by atoms with Crippen molar-refractivity contribution in [3.05, 3.63) is 87.4 Å². The molecule has 3 aromatic carbocycles. The topological polar surface area (TPSA) is 80.2 Å². The van der Waals surface area contributed by atoms with Gasteiger partial charge in [-0.3, -0.25) is 4.79 Å². The summed E-state index contributed by atoms with van der Waals surface area (Å²) < 4.78 is 11.2. The summed E-state index contributed by atoms with van der Waals surface area (Å²) in [5.41, 5.74) is 4.65. The van der Waals surface area contributed by atoms with E-state index >= 15 is 0 Å². The fourth-order valence-corrected chi connectivity index (χ4v) is 3.23. The largest absolute Gasteiger partial charge is 0.508 e. The molecular formula is C23H20Cl2N2O4. The number of hydrazone groups is 1. The number of aromatic hydroxyl groups is 1. The fourth-order valence-electron chi connectivity index (χ4n) is 2.72. The molecular weight excluding hydrogens is 439 g/mol. The van der Waals surface area contributed by atoms with Crippen molar-refractivity contribution in [2.75, 3.05) is 7.11 Å². The Labute approximate surface area is 190 Å². The third kappa shape index (κ3) is 6.38. The van der Waals surface area contributed by atoms with E-state index < -0.39 is 0 Å². The first-order valence-electron chi connectivity index (χ1n) is 9.30. The third-order valence-electron chi connectivity index (χ3n) is 4.33. The highest BCUT2D eigenvalue weighted by molar-refractivity contribution is 6.35. The average molecular weight is 459 g/mol. The second-order valence-electron chi connectivity index (χ2n) is 6.54. The lowest BCUT2D eigenvalue weighted by Gasteiger charge is -2.13. The Balaban J connectivity index is 1.60. The highest BCUT2D eigenvalue weighted by Crippen LogP contribution is 2.31. The molecule has 2 N–H and O–H groups in total. The average Bonchev–Trinajstić information content (AvgIpc) is 2.75. The third-order valence-corrected chi connectivity index (χ3v) is 5.03. The number of rotatable bonds is 8. The minimum absolute atomic E-state index is 0.151. The zero-order chi connectivity index (χ0) is 22.2. The molecule has 3 aromatic rings. The van der Waals surface area contributed by atoms with Crippen molar-refractivity contribution < 1.29 is 19.4 Å². The number of nitrogens with one attached hydrogen (secondary N) is 1. The number of nitrogens with zero attached hydrogens (tertiary/aromatic N) is 1. The number of phenols is 1. The van der Waals surface area contributed by atoms with Crippen LogP contribution < -0.4 is 14.9 Å². The van der Waals surface area contributed by atoms with E-state index in [1.165, 1.54) is 25.5 Å². The summed E-state index contributed by atoms with van der Waals surface area (Å²) >= 11 is 12.4. The van der Waals surface area contributed by atoms with Crippen molar-refractivity contribution in [3.63, 3.8) is 0 Å². The predicted molar refractivity (Wildman–Crippen MR) is 121 cm³/mol. The molecule has 8 heteroatoms. The number of phenolic OH excluding ortho intramolecular Hbond substituents is 1. The van der Waals surface area contributed by atoms with Gasteiger partial charge in [0, 0.05) is 15.6 Å². The second kappa shape index (κ2) is 10.7. The molecule has 1 amide bonds. The van der Waals surface area contributed by atoms with Crippen molar-refractivity contribution in [3.8, 4) is 17.2 Å². The van der Waals surface area contributed by atoms with Gasteiger partial charge >= 0.3 is 0 Å². The van der Waals surface area contributed by atoms with Crippen molar-refractivity contribution in [1.29, 1.82) is 0 Å². The first-order chi connectivity index (χ1) is 15.0. The first kappa shape index (κ1) is 22.5. The van der Waals surface area contributed by atoms with Crippen molar-refractivity contribution in [1.82, 2.24) is 5.43 Å². The van der Waals surface area contributed by atoms with Crippen molar-refractivity contribution in [2.45, 2.75) is 13.0 Å². The molecule has 6 nitrogen and oxygen atoms in total. The van der Waals surface area contributed by atoms with Crippen LogP contribution in [-0.4, -0.2) is 24.3 Å². The molecule has 0 radical (unpaired) electrons. The number of hydrogen-bond acceptors (Lipinski definition) is 5. The Morgan fingerprint density at radius 1 is 1.06 bits per heavy atom. The number of hydrogen-bond donors (Lipinski definition) is 2. The molecule has 0 atom stereocenters. The smallest absolute Gasteiger partial charge is 0.244 e. The Bertz CT molecular complexity index is 1070. The number of amides is 1. The molecule has 0 aliphatic carbocycles. The molecule has 3 rings (SSSR count). The van der Waals surface area contributed by atoms with Crippen molar-refractivity contribution >= 4 is 35.3 Å². The van der Waals surface area contributed by atoms with Crippen LogP contribution in [0.4, 0.5) is 0 Å². The van der Waals surface area contributed by atoms with Crippen molar-refractivity contribution in [2.24, 2.45) is 5.10 Å². The van der Waals surface area contributed by atoms with Gasteiger partial charge in [-0.2, -0.15) is 5.10 Å². The van der Waals surface area contributed by atoms with Crippen LogP contribution in [0.1, 0.15) is 16.7 Å². The molecule has 0 fully saturated rings. The number of carbonyl (C=O) groups is 1. The van der Waals surface area contributed by atoms with Gasteiger partial charge in [-0.05, 0) is 53.6 Å². The lowest BCUT2D eigenvalue weighted by atomic mass is 10.1. The SMILES string of the molecule is COc1cc(/C=N\NC(=O)Cc2ccc(O)cc2)ccc1OCc1c(Cl)cccc1Cl.